The van der Waals surface area contributed by atoms with E-state index >= 15 is 0 Å². The minimum Gasteiger partial charge on any atom is -0.395 e. The fraction of sp³-hybridized carbons (Fsp3) is 0.312. The molecule has 1 saturated carbocycles. The van der Waals surface area contributed by atoms with Crippen LogP contribution in [0.4, 0.5) is 0 Å². The second-order valence-electron chi connectivity index (χ2n) is 5.26. The molecule has 1 N–H and O–H groups in total. The average Bonchev–Trinajstić information content (AvgIpc) is 3.38. The van der Waals surface area contributed by atoms with Crippen molar-refractivity contribution in [3.8, 4) is 5.69 Å². The van der Waals surface area contributed by atoms with Gasteiger partial charge in [0.05, 0.1) is 12.3 Å². The Kier molecular flexibility index (Phi) is 4.02. The van der Waals surface area contributed by atoms with Crippen molar-refractivity contribution in [3.05, 3.63) is 58.5 Å². The average molecular weight is 299 g/mol. The molecule has 1 heterocycles. The highest BCUT2D eigenvalue weighted by molar-refractivity contribution is 5.92. The molecule has 0 spiro atoms. The highest BCUT2D eigenvalue weighted by Crippen LogP contribution is 2.27. The predicted molar refractivity (Wildman–Crippen MR) is 81.0 cm³/mol. The van der Waals surface area contributed by atoms with Gasteiger partial charge >= 0.3 is 0 Å². The molecule has 0 aliphatic heterocycles. The molecule has 1 amide bonds. The van der Waals surface area contributed by atoms with Gasteiger partial charge < -0.3 is 10.0 Å². The highest BCUT2D eigenvalue weighted by Gasteiger charge is 2.33. The molecule has 0 bridgehead atoms. The van der Waals surface area contributed by atoms with Crippen LogP contribution < -0.4 is 5.56 Å². The van der Waals surface area contributed by atoms with E-state index in [-0.39, 0.29) is 36.4 Å². The number of carbonyl (C=O) groups excluding carboxylic acids is 1. The van der Waals surface area contributed by atoms with Gasteiger partial charge in [0, 0.05) is 18.7 Å². The number of hydrogen-bond acceptors (Lipinski definition) is 4. The fourth-order valence-corrected chi connectivity index (χ4v) is 2.37. The number of amides is 1. The second kappa shape index (κ2) is 6.11. The lowest BCUT2D eigenvalue weighted by atomic mass is 10.3. The van der Waals surface area contributed by atoms with Crippen LogP contribution in [-0.4, -0.2) is 44.9 Å². The van der Waals surface area contributed by atoms with Crippen LogP contribution in [0, 0.1) is 0 Å². The summed E-state index contributed by atoms with van der Waals surface area (Å²) in [6, 6.07) is 11.9. The Morgan fingerprint density at radius 2 is 1.95 bits per heavy atom. The Hall–Kier alpha value is -2.47. The molecule has 1 aromatic carbocycles. The van der Waals surface area contributed by atoms with Crippen molar-refractivity contribution in [2.24, 2.45) is 0 Å². The summed E-state index contributed by atoms with van der Waals surface area (Å²) in [4.78, 5) is 26.1. The molecule has 0 saturated heterocycles. The van der Waals surface area contributed by atoms with E-state index in [4.69, 9.17) is 5.11 Å². The molecule has 2 aromatic rings. The molecule has 0 radical (unpaired) electrons. The molecule has 0 unspecified atom stereocenters. The molecular weight excluding hydrogens is 282 g/mol. The summed E-state index contributed by atoms with van der Waals surface area (Å²) in [7, 11) is 0. The van der Waals surface area contributed by atoms with Crippen molar-refractivity contribution >= 4 is 5.91 Å². The zero-order valence-corrected chi connectivity index (χ0v) is 12.1. The van der Waals surface area contributed by atoms with Gasteiger partial charge in [-0.3, -0.25) is 9.59 Å². The molecule has 0 atom stereocenters. The molecule has 1 aliphatic rings. The minimum absolute atomic E-state index is 0.0828. The summed E-state index contributed by atoms with van der Waals surface area (Å²) in [5.74, 6) is -0.249. The molecule has 3 rings (SSSR count). The zero-order valence-electron chi connectivity index (χ0n) is 12.1. The number of nitrogens with zero attached hydrogens (tertiary/aromatic N) is 3. The van der Waals surface area contributed by atoms with E-state index in [0.717, 1.165) is 12.8 Å². The Morgan fingerprint density at radius 3 is 2.59 bits per heavy atom. The normalized spacial score (nSPS) is 13.9. The number of aliphatic hydroxyl groups excluding tert-OH is 1. The van der Waals surface area contributed by atoms with Gasteiger partial charge in [-0.25, -0.2) is 0 Å². The molecule has 1 aromatic heterocycles. The van der Waals surface area contributed by atoms with Gasteiger partial charge in [-0.2, -0.15) is 9.78 Å². The quantitative estimate of drug-likeness (QED) is 0.887. The predicted octanol–water partition coefficient (Wildman–Crippen LogP) is 0.829. The number of hydrogen-bond donors (Lipinski definition) is 1. The SMILES string of the molecule is O=C(c1ccc(=O)n(-c2ccccc2)n1)N(CCO)C1CC1. The third-order valence-corrected chi connectivity index (χ3v) is 3.61. The summed E-state index contributed by atoms with van der Waals surface area (Å²) in [5.41, 5.74) is 0.536. The lowest BCUT2D eigenvalue weighted by Gasteiger charge is -2.21. The maximum Gasteiger partial charge on any atom is 0.274 e. The van der Waals surface area contributed by atoms with Crippen LogP contribution in [-0.2, 0) is 0 Å². The van der Waals surface area contributed by atoms with E-state index < -0.39 is 0 Å². The van der Waals surface area contributed by atoms with E-state index in [2.05, 4.69) is 5.10 Å². The first-order valence-electron chi connectivity index (χ1n) is 7.28. The van der Waals surface area contributed by atoms with Gasteiger partial charge in [0.15, 0.2) is 0 Å². The first-order chi connectivity index (χ1) is 10.7. The van der Waals surface area contributed by atoms with Crippen LogP contribution in [0.5, 0.6) is 0 Å². The summed E-state index contributed by atoms with van der Waals surface area (Å²) in [6.07, 6.45) is 1.90. The highest BCUT2D eigenvalue weighted by atomic mass is 16.3. The Morgan fingerprint density at radius 1 is 1.23 bits per heavy atom. The van der Waals surface area contributed by atoms with Crippen molar-refractivity contribution < 1.29 is 9.90 Å². The maximum absolute atomic E-state index is 12.5. The van der Waals surface area contributed by atoms with E-state index in [1.165, 1.54) is 16.8 Å². The standard InChI is InChI=1S/C16H17N3O3/c20-11-10-18(12-6-7-12)16(22)14-8-9-15(21)19(17-14)13-4-2-1-3-5-13/h1-5,8-9,12,20H,6-7,10-11H2. The third-order valence-electron chi connectivity index (χ3n) is 3.61. The third kappa shape index (κ3) is 2.92. The Balaban J connectivity index is 1.95. The molecule has 114 valence electrons. The van der Waals surface area contributed by atoms with Gasteiger partial charge in [-0.1, -0.05) is 18.2 Å². The Labute approximate surface area is 127 Å². The number of carbonyl (C=O) groups is 1. The molecule has 1 fully saturated rings. The van der Waals surface area contributed by atoms with Gasteiger partial charge in [0.1, 0.15) is 5.69 Å². The number of aromatic nitrogens is 2. The largest absolute Gasteiger partial charge is 0.395 e. The number of benzene rings is 1. The van der Waals surface area contributed by atoms with Crippen molar-refractivity contribution in [3.63, 3.8) is 0 Å². The number of rotatable bonds is 5. The molecular formula is C16H17N3O3. The van der Waals surface area contributed by atoms with Crippen LogP contribution in [0.1, 0.15) is 23.3 Å². The topological polar surface area (TPSA) is 75.4 Å². The zero-order chi connectivity index (χ0) is 15.5. The summed E-state index contributed by atoms with van der Waals surface area (Å²) >= 11 is 0. The molecule has 1 aliphatic carbocycles. The van der Waals surface area contributed by atoms with Crippen LogP contribution in [0.25, 0.3) is 5.69 Å². The van der Waals surface area contributed by atoms with E-state index in [0.29, 0.717) is 5.69 Å². The summed E-state index contributed by atoms with van der Waals surface area (Å²) in [5, 5.41) is 13.3. The van der Waals surface area contributed by atoms with Crippen LogP contribution in [0.2, 0.25) is 0 Å². The van der Waals surface area contributed by atoms with Gasteiger partial charge in [-0.05, 0) is 31.0 Å². The minimum atomic E-state index is -0.289. The van der Waals surface area contributed by atoms with Crippen molar-refractivity contribution in [1.29, 1.82) is 0 Å². The monoisotopic (exact) mass is 299 g/mol. The van der Waals surface area contributed by atoms with E-state index in [1.807, 2.05) is 6.07 Å². The molecule has 6 nitrogen and oxygen atoms in total. The van der Waals surface area contributed by atoms with E-state index in [1.54, 1.807) is 29.2 Å². The Bertz CT molecular complexity index is 723. The first kappa shape index (κ1) is 14.5. The first-order valence-corrected chi connectivity index (χ1v) is 7.28. The van der Waals surface area contributed by atoms with Crippen molar-refractivity contribution in [1.82, 2.24) is 14.7 Å². The molecule has 6 heteroatoms. The van der Waals surface area contributed by atoms with Crippen LogP contribution in [0.15, 0.2) is 47.3 Å². The van der Waals surface area contributed by atoms with Crippen LogP contribution in [0.3, 0.4) is 0 Å². The molecule has 22 heavy (non-hydrogen) atoms. The van der Waals surface area contributed by atoms with Crippen molar-refractivity contribution in [2.75, 3.05) is 13.2 Å². The van der Waals surface area contributed by atoms with Gasteiger partial charge in [-0.15, -0.1) is 0 Å². The lowest BCUT2D eigenvalue weighted by molar-refractivity contribution is 0.0699. The number of aliphatic hydroxyl groups is 1. The van der Waals surface area contributed by atoms with Gasteiger partial charge in [0.2, 0.25) is 0 Å². The smallest absolute Gasteiger partial charge is 0.274 e. The van der Waals surface area contributed by atoms with Gasteiger partial charge in [0.25, 0.3) is 11.5 Å². The lowest BCUT2D eigenvalue weighted by Crippen LogP contribution is -2.37. The van der Waals surface area contributed by atoms with Crippen molar-refractivity contribution in [2.45, 2.75) is 18.9 Å². The van der Waals surface area contributed by atoms with E-state index in [9.17, 15) is 9.59 Å². The maximum atomic E-state index is 12.5. The second-order valence-corrected chi connectivity index (χ2v) is 5.26. The summed E-state index contributed by atoms with van der Waals surface area (Å²) in [6.45, 7) is 0.205. The number of para-hydroxylation sites is 1. The fourth-order valence-electron chi connectivity index (χ4n) is 2.37. The van der Waals surface area contributed by atoms with Crippen LogP contribution >= 0.6 is 0 Å². The summed E-state index contributed by atoms with van der Waals surface area (Å²) < 4.78 is 1.22.